The largest absolute Gasteiger partial charge is 0.497 e. The molecule has 0 aromatic heterocycles. The number of hydrogen-bond donors (Lipinski definition) is 1. The summed E-state index contributed by atoms with van der Waals surface area (Å²) in [7, 11) is -2.91. The van der Waals surface area contributed by atoms with Gasteiger partial charge in [-0.05, 0) is 78.7 Å². The van der Waals surface area contributed by atoms with Gasteiger partial charge in [-0.25, -0.2) is 12.8 Å². The lowest BCUT2D eigenvalue weighted by atomic mass is 10.0. The van der Waals surface area contributed by atoms with Crippen LogP contribution < -0.4 is 14.4 Å². The van der Waals surface area contributed by atoms with E-state index in [2.05, 4.69) is 5.32 Å². The van der Waals surface area contributed by atoms with Crippen molar-refractivity contribution >= 4 is 50.7 Å². The Morgan fingerprint density at radius 3 is 2.20 bits per heavy atom. The molecule has 0 aliphatic carbocycles. The minimum absolute atomic E-state index is 0.0580. The van der Waals surface area contributed by atoms with Crippen LogP contribution in [0.4, 0.5) is 10.1 Å². The molecule has 0 bridgehead atoms. The van der Waals surface area contributed by atoms with Crippen molar-refractivity contribution in [3.05, 3.63) is 124 Å². The molecule has 4 rings (SSSR count). The predicted octanol–water partition coefficient (Wildman–Crippen LogP) is 6.11. The van der Waals surface area contributed by atoms with Gasteiger partial charge in [0.25, 0.3) is 10.0 Å². The summed E-state index contributed by atoms with van der Waals surface area (Å²) < 4.78 is 48.0. The second-order valence-corrected chi connectivity index (χ2v) is 12.7. The van der Waals surface area contributed by atoms with Crippen molar-refractivity contribution in [2.24, 2.45) is 0 Å². The highest BCUT2D eigenvalue weighted by molar-refractivity contribution is 7.92. The van der Waals surface area contributed by atoms with Gasteiger partial charge in [0.2, 0.25) is 11.8 Å². The molecule has 0 spiro atoms. The van der Waals surface area contributed by atoms with E-state index in [1.807, 2.05) is 30.3 Å². The number of benzene rings is 4. The Hall–Kier alpha value is -4.12. The van der Waals surface area contributed by atoms with Gasteiger partial charge in [0.05, 0.1) is 17.7 Å². The van der Waals surface area contributed by atoms with Gasteiger partial charge in [0.1, 0.15) is 24.2 Å². The first-order valence-electron chi connectivity index (χ1n) is 14.0. The lowest BCUT2D eigenvalue weighted by molar-refractivity contribution is -0.140. The average Bonchev–Trinajstić information content (AvgIpc) is 3.03. The minimum atomic E-state index is -4.36. The molecule has 1 N–H and O–H groups in total. The van der Waals surface area contributed by atoms with E-state index in [4.69, 9.17) is 27.9 Å². The number of carbonyl (C=O) groups is 2. The molecule has 8 nitrogen and oxygen atoms in total. The van der Waals surface area contributed by atoms with Crippen molar-refractivity contribution in [2.45, 2.75) is 30.8 Å². The summed E-state index contributed by atoms with van der Waals surface area (Å²) in [6.07, 6.45) is 0.144. The van der Waals surface area contributed by atoms with Crippen LogP contribution in [-0.4, -0.2) is 51.4 Å². The highest BCUT2D eigenvalue weighted by Crippen LogP contribution is 2.28. The van der Waals surface area contributed by atoms with Crippen LogP contribution in [0, 0.1) is 5.82 Å². The van der Waals surface area contributed by atoms with Crippen molar-refractivity contribution in [3.63, 3.8) is 0 Å². The summed E-state index contributed by atoms with van der Waals surface area (Å²) in [5.74, 6) is -1.25. The first-order valence-corrected chi connectivity index (χ1v) is 16.2. The zero-order valence-corrected chi connectivity index (χ0v) is 26.9. The topological polar surface area (TPSA) is 96.0 Å². The van der Waals surface area contributed by atoms with Crippen LogP contribution in [0.5, 0.6) is 5.75 Å². The quantitative estimate of drug-likeness (QED) is 0.185. The summed E-state index contributed by atoms with van der Waals surface area (Å²) in [6.45, 7) is 1.25. The number of nitrogens with zero attached hydrogens (tertiary/aromatic N) is 2. The van der Waals surface area contributed by atoms with Crippen LogP contribution in [0.1, 0.15) is 18.1 Å². The Balaban J connectivity index is 1.81. The third-order valence-corrected chi connectivity index (χ3v) is 9.39. The van der Waals surface area contributed by atoms with E-state index in [9.17, 15) is 22.4 Å². The van der Waals surface area contributed by atoms with E-state index in [1.165, 1.54) is 54.5 Å². The Morgan fingerprint density at radius 1 is 0.933 bits per heavy atom. The van der Waals surface area contributed by atoms with Crippen LogP contribution in [0.2, 0.25) is 10.0 Å². The lowest BCUT2D eigenvalue weighted by Crippen LogP contribution is -2.53. The fourth-order valence-electron chi connectivity index (χ4n) is 4.69. The number of hydrogen-bond acceptors (Lipinski definition) is 5. The molecule has 236 valence electrons. The number of likely N-dealkylation sites (N-methyl/N-ethyl adjacent to an activating group) is 1. The smallest absolute Gasteiger partial charge is 0.264 e. The number of halogens is 3. The van der Waals surface area contributed by atoms with Gasteiger partial charge < -0.3 is 15.0 Å². The van der Waals surface area contributed by atoms with E-state index in [0.29, 0.717) is 22.9 Å². The lowest BCUT2D eigenvalue weighted by Gasteiger charge is -2.34. The van der Waals surface area contributed by atoms with Gasteiger partial charge in [0, 0.05) is 29.6 Å². The molecular formula is C33H32Cl2FN3O5S. The van der Waals surface area contributed by atoms with Crippen molar-refractivity contribution in [3.8, 4) is 5.75 Å². The third kappa shape index (κ3) is 8.54. The molecule has 0 heterocycles. The Morgan fingerprint density at radius 2 is 1.60 bits per heavy atom. The van der Waals surface area contributed by atoms with E-state index in [0.717, 1.165) is 22.0 Å². The minimum Gasteiger partial charge on any atom is -0.497 e. The summed E-state index contributed by atoms with van der Waals surface area (Å²) in [4.78, 5) is 29.1. The summed E-state index contributed by atoms with van der Waals surface area (Å²) in [6, 6.07) is 23.3. The molecule has 0 aliphatic rings. The summed E-state index contributed by atoms with van der Waals surface area (Å²) in [5, 5.41) is 3.46. The highest BCUT2D eigenvalue weighted by Gasteiger charge is 2.35. The second kappa shape index (κ2) is 15.2. The van der Waals surface area contributed by atoms with Gasteiger partial charge in [-0.3, -0.25) is 13.9 Å². The van der Waals surface area contributed by atoms with Crippen molar-refractivity contribution in [1.82, 2.24) is 10.2 Å². The van der Waals surface area contributed by atoms with Crippen LogP contribution in [-0.2, 0) is 32.6 Å². The molecule has 0 saturated heterocycles. The standard InChI is InChI=1S/C33H32Cl2FN3O5S/c1-3-37-33(41)31(19-23-7-5-4-6-8-23)38(21-24-9-10-25(34)20-30(24)35)32(40)22-39(27-13-11-26(36)12-14-27)45(42,43)29-17-15-28(44-2)16-18-29/h4-18,20,31H,3,19,21-22H2,1-2H3,(H,37,41). The number of ether oxygens (including phenoxy) is 1. The van der Waals surface area contributed by atoms with E-state index < -0.39 is 40.2 Å². The van der Waals surface area contributed by atoms with Crippen molar-refractivity contribution < 1.29 is 27.1 Å². The van der Waals surface area contributed by atoms with E-state index >= 15 is 0 Å². The predicted molar refractivity (Wildman–Crippen MR) is 174 cm³/mol. The number of amides is 2. The van der Waals surface area contributed by atoms with Crippen LogP contribution in [0.3, 0.4) is 0 Å². The number of sulfonamides is 1. The maximum Gasteiger partial charge on any atom is 0.264 e. The number of carbonyl (C=O) groups excluding carboxylic acids is 2. The maximum atomic E-state index is 14.4. The fraction of sp³-hybridized carbons (Fsp3) is 0.212. The molecule has 12 heteroatoms. The molecule has 45 heavy (non-hydrogen) atoms. The highest BCUT2D eigenvalue weighted by atomic mass is 35.5. The van der Waals surface area contributed by atoms with Gasteiger partial charge in [0.15, 0.2) is 0 Å². The maximum absolute atomic E-state index is 14.4. The summed E-state index contributed by atoms with van der Waals surface area (Å²) in [5.41, 5.74) is 1.35. The molecule has 4 aromatic carbocycles. The van der Waals surface area contributed by atoms with Crippen LogP contribution >= 0.6 is 23.2 Å². The van der Waals surface area contributed by atoms with Crippen molar-refractivity contribution in [2.75, 3.05) is 24.5 Å². The molecule has 1 atom stereocenters. The first kappa shape index (κ1) is 33.8. The number of anilines is 1. The Kier molecular flexibility index (Phi) is 11.4. The van der Waals surface area contributed by atoms with Gasteiger partial charge in [-0.1, -0.05) is 59.6 Å². The van der Waals surface area contributed by atoms with Crippen LogP contribution in [0.15, 0.2) is 102 Å². The molecule has 1 unspecified atom stereocenters. The molecule has 2 amide bonds. The van der Waals surface area contributed by atoms with Crippen molar-refractivity contribution in [1.29, 1.82) is 0 Å². The third-order valence-electron chi connectivity index (χ3n) is 7.02. The number of methoxy groups -OCH3 is 1. The fourth-order valence-corrected chi connectivity index (χ4v) is 6.57. The summed E-state index contributed by atoms with van der Waals surface area (Å²) >= 11 is 12.6. The zero-order valence-electron chi connectivity index (χ0n) is 24.6. The normalized spacial score (nSPS) is 11.8. The molecule has 0 fully saturated rings. The monoisotopic (exact) mass is 671 g/mol. The van der Waals surface area contributed by atoms with Gasteiger partial charge in [-0.15, -0.1) is 0 Å². The molecule has 0 saturated carbocycles. The van der Waals surface area contributed by atoms with Crippen LogP contribution in [0.25, 0.3) is 0 Å². The molecular weight excluding hydrogens is 640 g/mol. The average molecular weight is 673 g/mol. The molecule has 4 aromatic rings. The first-order chi connectivity index (χ1) is 21.5. The number of nitrogens with one attached hydrogen (secondary N) is 1. The molecule has 0 aliphatic heterocycles. The Labute approximate surface area is 272 Å². The van der Waals surface area contributed by atoms with Gasteiger partial charge >= 0.3 is 0 Å². The van der Waals surface area contributed by atoms with E-state index in [1.54, 1.807) is 19.1 Å². The van der Waals surface area contributed by atoms with E-state index in [-0.39, 0.29) is 28.6 Å². The van der Waals surface area contributed by atoms with Gasteiger partial charge in [-0.2, -0.15) is 0 Å². The second-order valence-electron chi connectivity index (χ2n) is 10.0. The Bertz CT molecular complexity index is 1720. The number of rotatable bonds is 13. The zero-order chi connectivity index (χ0) is 32.6. The molecule has 0 radical (unpaired) electrons. The SMILES string of the molecule is CCNC(=O)C(Cc1ccccc1)N(Cc1ccc(Cl)cc1Cl)C(=O)CN(c1ccc(F)cc1)S(=O)(=O)c1ccc(OC)cc1.